The molecule has 0 heterocycles. The molecule has 0 aromatic carbocycles. The highest BCUT2D eigenvalue weighted by Crippen LogP contribution is 2.13. The predicted octanol–water partition coefficient (Wildman–Crippen LogP) is 11.5. The molecule has 0 rings (SSSR count). The fourth-order valence-electron chi connectivity index (χ4n) is 5.62. The first kappa shape index (κ1) is 40.7. The second-order valence-electron chi connectivity index (χ2n) is 12.9. The monoisotopic (exact) mass is 591 g/mol. The highest BCUT2D eigenvalue weighted by molar-refractivity contribution is 5.76. The summed E-state index contributed by atoms with van der Waals surface area (Å²) in [6, 6.07) is 0.215. The van der Waals surface area contributed by atoms with Crippen LogP contribution < -0.4 is 10.6 Å². The molecule has 0 radical (unpaired) electrons. The normalized spacial score (nSPS) is 12.2. The third kappa shape index (κ3) is 33.2. The van der Waals surface area contributed by atoms with Crippen molar-refractivity contribution in [3.63, 3.8) is 0 Å². The zero-order valence-electron chi connectivity index (χ0n) is 28.8. The Kier molecular flexibility index (Phi) is 33.1. The van der Waals surface area contributed by atoms with Gasteiger partial charge >= 0.3 is 0 Å². The van der Waals surface area contributed by atoms with Gasteiger partial charge in [-0.3, -0.25) is 9.59 Å². The lowest BCUT2D eigenvalue weighted by molar-refractivity contribution is -0.122. The Labute approximate surface area is 263 Å². The minimum Gasteiger partial charge on any atom is -0.356 e. The number of hydrogen-bond donors (Lipinski definition) is 2. The second-order valence-corrected chi connectivity index (χ2v) is 12.9. The number of hydrogen-bond acceptors (Lipinski definition) is 2. The molecule has 4 heteroatoms. The number of nitrogens with one attached hydrogen (secondary N) is 2. The number of rotatable bonds is 33. The summed E-state index contributed by atoms with van der Waals surface area (Å²) in [5.74, 6) is 0.396. The van der Waals surface area contributed by atoms with E-state index in [2.05, 4.69) is 43.6 Å². The Morgan fingerprint density at radius 3 is 1.38 bits per heavy atom. The molecule has 0 aliphatic heterocycles. The maximum absolute atomic E-state index is 12.2. The van der Waals surface area contributed by atoms with Crippen molar-refractivity contribution in [2.75, 3.05) is 6.54 Å². The van der Waals surface area contributed by atoms with Crippen LogP contribution >= 0.6 is 0 Å². The summed E-state index contributed by atoms with van der Waals surface area (Å²) < 4.78 is 0. The van der Waals surface area contributed by atoms with Gasteiger partial charge in [0.25, 0.3) is 0 Å². The van der Waals surface area contributed by atoms with Crippen LogP contribution in [0.1, 0.15) is 207 Å². The van der Waals surface area contributed by atoms with Gasteiger partial charge in [-0.05, 0) is 64.7 Å². The number of unbranched alkanes of at least 4 members (excludes halogenated alkanes) is 22. The maximum atomic E-state index is 12.2. The molecule has 0 aromatic heterocycles. The molecule has 0 aliphatic carbocycles. The average molecular weight is 591 g/mol. The van der Waals surface area contributed by atoms with Crippen molar-refractivity contribution < 1.29 is 9.59 Å². The Morgan fingerprint density at radius 2 is 0.905 bits per heavy atom. The van der Waals surface area contributed by atoms with E-state index in [1.807, 2.05) is 0 Å². The van der Waals surface area contributed by atoms with Crippen LogP contribution in [0.15, 0.2) is 12.2 Å². The Morgan fingerprint density at radius 1 is 0.500 bits per heavy atom. The first-order chi connectivity index (χ1) is 20.6. The highest BCUT2D eigenvalue weighted by Gasteiger charge is 2.07. The molecule has 0 spiro atoms. The van der Waals surface area contributed by atoms with Crippen LogP contribution in [-0.2, 0) is 9.59 Å². The molecule has 2 amide bonds. The minimum absolute atomic E-state index is 0.195. The molecular formula is C38H74N2O2. The van der Waals surface area contributed by atoms with Crippen molar-refractivity contribution in [2.45, 2.75) is 213 Å². The first-order valence-corrected chi connectivity index (χ1v) is 18.8. The van der Waals surface area contributed by atoms with E-state index in [1.165, 1.54) is 135 Å². The van der Waals surface area contributed by atoms with Gasteiger partial charge in [-0.1, -0.05) is 142 Å². The van der Waals surface area contributed by atoms with Gasteiger partial charge in [0.05, 0.1) is 0 Å². The Balaban J connectivity index is 3.41. The molecule has 0 saturated carbocycles. The van der Waals surface area contributed by atoms with Gasteiger partial charge < -0.3 is 10.6 Å². The molecule has 0 aromatic rings. The van der Waals surface area contributed by atoms with E-state index >= 15 is 0 Å². The quantitative estimate of drug-likeness (QED) is 0.0590. The standard InChI is InChI=1S/C38H74N2O2/c1-4-6-8-10-12-14-16-17-18-19-21-23-25-27-29-34-38(42)40-36(3)32-30-31-35-39-37(41)33-28-26-24-22-20-15-13-11-9-7-5-2/h17-18,36H,4-16,19-35H2,1-3H3,(H,39,41)(H,40,42)/b18-17-/t36-/m1/s1. The van der Waals surface area contributed by atoms with Crippen LogP contribution in [0.3, 0.4) is 0 Å². The van der Waals surface area contributed by atoms with Crippen LogP contribution in [0.25, 0.3) is 0 Å². The van der Waals surface area contributed by atoms with Crippen molar-refractivity contribution in [1.82, 2.24) is 10.6 Å². The molecule has 4 nitrogen and oxygen atoms in total. The summed E-state index contributed by atoms with van der Waals surface area (Å²) in [5.41, 5.74) is 0. The SMILES string of the molecule is CCCCCCCC/C=C\CCCCCCCC(=O)N[C@H](C)CCCCNC(=O)CCCCCCCCCCCCC. The number of carbonyl (C=O) groups excluding carboxylic acids is 2. The zero-order valence-corrected chi connectivity index (χ0v) is 28.8. The highest BCUT2D eigenvalue weighted by atomic mass is 16.2. The minimum atomic E-state index is 0.195. The van der Waals surface area contributed by atoms with Gasteiger partial charge in [-0.2, -0.15) is 0 Å². The van der Waals surface area contributed by atoms with Crippen molar-refractivity contribution in [3.05, 3.63) is 12.2 Å². The number of allylic oxidation sites excluding steroid dienone is 2. The lowest BCUT2D eigenvalue weighted by Crippen LogP contribution is -2.32. The summed E-state index contributed by atoms with van der Waals surface area (Å²) in [6.07, 6.45) is 40.1. The fraction of sp³-hybridized carbons (Fsp3) is 0.895. The van der Waals surface area contributed by atoms with Crippen molar-refractivity contribution >= 4 is 11.8 Å². The van der Waals surface area contributed by atoms with E-state index in [0.29, 0.717) is 12.8 Å². The summed E-state index contributed by atoms with van der Waals surface area (Å²) >= 11 is 0. The molecule has 248 valence electrons. The van der Waals surface area contributed by atoms with Crippen LogP contribution in [-0.4, -0.2) is 24.4 Å². The number of amides is 2. The molecule has 42 heavy (non-hydrogen) atoms. The van der Waals surface area contributed by atoms with Gasteiger partial charge in [-0.15, -0.1) is 0 Å². The van der Waals surface area contributed by atoms with E-state index in [1.54, 1.807) is 0 Å². The van der Waals surface area contributed by atoms with E-state index in [4.69, 9.17) is 0 Å². The van der Waals surface area contributed by atoms with Gasteiger partial charge in [0, 0.05) is 25.4 Å². The lowest BCUT2D eigenvalue weighted by atomic mass is 10.1. The third-order valence-corrected chi connectivity index (χ3v) is 8.47. The van der Waals surface area contributed by atoms with E-state index in [-0.39, 0.29) is 17.9 Å². The molecule has 0 unspecified atom stereocenters. The molecule has 0 fully saturated rings. The van der Waals surface area contributed by atoms with Gasteiger partial charge in [0.1, 0.15) is 0 Å². The lowest BCUT2D eigenvalue weighted by Gasteiger charge is -2.14. The zero-order chi connectivity index (χ0) is 30.8. The molecule has 0 bridgehead atoms. The van der Waals surface area contributed by atoms with Crippen molar-refractivity contribution in [2.24, 2.45) is 0 Å². The van der Waals surface area contributed by atoms with Crippen LogP contribution in [0.5, 0.6) is 0 Å². The molecular weight excluding hydrogens is 516 g/mol. The predicted molar refractivity (Wildman–Crippen MR) is 185 cm³/mol. The summed E-state index contributed by atoms with van der Waals surface area (Å²) in [5, 5.41) is 6.23. The largest absolute Gasteiger partial charge is 0.356 e. The van der Waals surface area contributed by atoms with Crippen LogP contribution in [0.4, 0.5) is 0 Å². The Bertz CT molecular complexity index is 604. The molecule has 0 saturated heterocycles. The first-order valence-electron chi connectivity index (χ1n) is 18.8. The van der Waals surface area contributed by atoms with Gasteiger partial charge in [-0.25, -0.2) is 0 Å². The smallest absolute Gasteiger partial charge is 0.220 e. The maximum Gasteiger partial charge on any atom is 0.220 e. The van der Waals surface area contributed by atoms with Gasteiger partial charge in [0.2, 0.25) is 11.8 Å². The fourth-order valence-corrected chi connectivity index (χ4v) is 5.62. The Hall–Kier alpha value is -1.32. The summed E-state index contributed by atoms with van der Waals surface area (Å²) in [4.78, 5) is 24.3. The molecule has 1 atom stereocenters. The van der Waals surface area contributed by atoms with Gasteiger partial charge in [0.15, 0.2) is 0 Å². The molecule has 0 aliphatic rings. The molecule has 2 N–H and O–H groups in total. The summed E-state index contributed by atoms with van der Waals surface area (Å²) in [7, 11) is 0. The second kappa shape index (κ2) is 34.2. The third-order valence-electron chi connectivity index (χ3n) is 8.47. The topological polar surface area (TPSA) is 58.2 Å². The average Bonchev–Trinajstić information content (AvgIpc) is 2.97. The number of carbonyl (C=O) groups is 2. The van der Waals surface area contributed by atoms with Crippen LogP contribution in [0, 0.1) is 0 Å². The van der Waals surface area contributed by atoms with E-state index in [9.17, 15) is 9.59 Å². The van der Waals surface area contributed by atoms with Crippen molar-refractivity contribution in [1.29, 1.82) is 0 Å². The van der Waals surface area contributed by atoms with E-state index in [0.717, 1.165) is 45.1 Å². The van der Waals surface area contributed by atoms with Crippen molar-refractivity contribution in [3.8, 4) is 0 Å². The summed E-state index contributed by atoms with van der Waals surface area (Å²) in [6.45, 7) is 7.40. The van der Waals surface area contributed by atoms with E-state index < -0.39 is 0 Å². The van der Waals surface area contributed by atoms with Crippen LogP contribution in [0.2, 0.25) is 0 Å².